The van der Waals surface area contributed by atoms with E-state index >= 15 is 0 Å². The molecule has 1 atom stereocenters. The summed E-state index contributed by atoms with van der Waals surface area (Å²) >= 11 is 0. The summed E-state index contributed by atoms with van der Waals surface area (Å²) in [6.07, 6.45) is 2.61. The maximum atomic E-state index is 12.0. The molecule has 1 unspecified atom stereocenters. The SMILES string of the molecule is CCC(C)CNCC(CC)(CC)NC(=O)OC(C)(C)C. The first-order chi connectivity index (χ1) is 9.18. The molecule has 120 valence electrons. The first-order valence-corrected chi connectivity index (χ1v) is 7.90. The van der Waals surface area contributed by atoms with Crippen molar-refractivity contribution in [3.63, 3.8) is 0 Å². The number of ether oxygens (including phenoxy) is 1. The van der Waals surface area contributed by atoms with Crippen molar-refractivity contribution in [2.24, 2.45) is 5.92 Å². The lowest BCUT2D eigenvalue weighted by atomic mass is 9.92. The van der Waals surface area contributed by atoms with Gasteiger partial charge in [-0.1, -0.05) is 34.1 Å². The maximum absolute atomic E-state index is 12.0. The molecule has 20 heavy (non-hydrogen) atoms. The van der Waals surface area contributed by atoms with Crippen molar-refractivity contribution >= 4 is 6.09 Å². The van der Waals surface area contributed by atoms with Crippen LogP contribution in [0.1, 0.15) is 67.7 Å². The van der Waals surface area contributed by atoms with Crippen molar-refractivity contribution in [1.82, 2.24) is 10.6 Å². The van der Waals surface area contributed by atoms with Crippen LogP contribution in [0.15, 0.2) is 0 Å². The summed E-state index contributed by atoms with van der Waals surface area (Å²) < 4.78 is 5.37. The minimum Gasteiger partial charge on any atom is -0.444 e. The first-order valence-electron chi connectivity index (χ1n) is 7.90. The summed E-state index contributed by atoms with van der Waals surface area (Å²) in [5, 5.41) is 6.53. The molecule has 0 bridgehead atoms. The number of rotatable bonds is 8. The van der Waals surface area contributed by atoms with Crippen LogP contribution in [0.2, 0.25) is 0 Å². The number of hydrogen-bond acceptors (Lipinski definition) is 3. The topological polar surface area (TPSA) is 50.4 Å². The van der Waals surface area contributed by atoms with Crippen LogP contribution >= 0.6 is 0 Å². The highest BCUT2D eigenvalue weighted by Crippen LogP contribution is 2.16. The number of hydrogen-bond donors (Lipinski definition) is 2. The fourth-order valence-corrected chi connectivity index (χ4v) is 1.94. The second-order valence-corrected chi connectivity index (χ2v) is 6.76. The molecule has 0 heterocycles. The molecule has 4 heteroatoms. The zero-order chi connectivity index (χ0) is 15.8. The van der Waals surface area contributed by atoms with Gasteiger partial charge < -0.3 is 15.4 Å². The Kier molecular flexibility index (Phi) is 8.17. The summed E-state index contributed by atoms with van der Waals surface area (Å²) in [5.41, 5.74) is -0.683. The van der Waals surface area contributed by atoms with Gasteiger partial charge in [-0.2, -0.15) is 0 Å². The van der Waals surface area contributed by atoms with E-state index in [1.54, 1.807) is 0 Å². The summed E-state index contributed by atoms with van der Waals surface area (Å²) in [6.45, 7) is 16.0. The Balaban J connectivity index is 4.48. The van der Waals surface area contributed by atoms with Gasteiger partial charge in [-0.05, 0) is 46.1 Å². The molecule has 1 amide bonds. The molecule has 0 fully saturated rings. The van der Waals surface area contributed by atoms with Crippen molar-refractivity contribution in [3.8, 4) is 0 Å². The first kappa shape index (κ1) is 19.2. The van der Waals surface area contributed by atoms with Crippen LogP contribution in [-0.2, 0) is 4.74 Å². The molecule has 2 N–H and O–H groups in total. The average molecular weight is 286 g/mol. The molecule has 0 aliphatic rings. The van der Waals surface area contributed by atoms with E-state index in [-0.39, 0.29) is 11.6 Å². The highest BCUT2D eigenvalue weighted by molar-refractivity contribution is 5.68. The van der Waals surface area contributed by atoms with Crippen LogP contribution in [0.25, 0.3) is 0 Å². The molecule has 0 aliphatic heterocycles. The molecule has 0 aromatic rings. The number of carbonyl (C=O) groups is 1. The third-order valence-corrected chi connectivity index (χ3v) is 3.77. The van der Waals surface area contributed by atoms with Gasteiger partial charge in [0.15, 0.2) is 0 Å². The minimum absolute atomic E-state index is 0.226. The summed E-state index contributed by atoms with van der Waals surface area (Å²) in [4.78, 5) is 12.0. The van der Waals surface area contributed by atoms with Crippen LogP contribution in [0.5, 0.6) is 0 Å². The van der Waals surface area contributed by atoms with Crippen LogP contribution in [0.4, 0.5) is 4.79 Å². The molecular formula is C16H34N2O2. The van der Waals surface area contributed by atoms with Gasteiger partial charge in [-0.15, -0.1) is 0 Å². The second-order valence-electron chi connectivity index (χ2n) is 6.76. The second kappa shape index (κ2) is 8.50. The lowest BCUT2D eigenvalue weighted by Crippen LogP contribution is -2.55. The van der Waals surface area contributed by atoms with E-state index < -0.39 is 5.60 Å². The van der Waals surface area contributed by atoms with E-state index in [1.165, 1.54) is 0 Å². The van der Waals surface area contributed by atoms with Crippen molar-refractivity contribution < 1.29 is 9.53 Å². The molecule has 0 radical (unpaired) electrons. The van der Waals surface area contributed by atoms with E-state index in [0.29, 0.717) is 5.92 Å². The van der Waals surface area contributed by atoms with E-state index in [1.807, 2.05) is 20.8 Å². The molecule has 0 aromatic heterocycles. The smallest absolute Gasteiger partial charge is 0.408 e. The molecule has 0 aliphatic carbocycles. The average Bonchev–Trinajstić information content (AvgIpc) is 2.35. The molecule has 4 nitrogen and oxygen atoms in total. The zero-order valence-corrected chi connectivity index (χ0v) is 14.4. The Morgan fingerprint density at radius 3 is 2.10 bits per heavy atom. The van der Waals surface area contributed by atoms with Crippen molar-refractivity contribution in [2.75, 3.05) is 13.1 Å². The third-order valence-electron chi connectivity index (χ3n) is 3.77. The molecule has 0 aromatic carbocycles. The Morgan fingerprint density at radius 2 is 1.70 bits per heavy atom. The maximum Gasteiger partial charge on any atom is 0.408 e. The Hall–Kier alpha value is -0.770. The van der Waals surface area contributed by atoms with Gasteiger partial charge in [0.25, 0.3) is 0 Å². The largest absolute Gasteiger partial charge is 0.444 e. The highest BCUT2D eigenvalue weighted by atomic mass is 16.6. The number of carbonyl (C=O) groups excluding carboxylic acids is 1. The summed E-state index contributed by atoms with van der Waals surface area (Å²) in [6, 6.07) is 0. The fourth-order valence-electron chi connectivity index (χ4n) is 1.94. The van der Waals surface area contributed by atoms with E-state index in [2.05, 4.69) is 38.3 Å². The molecule has 0 spiro atoms. The molecule has 0 rings (SSSR count). The van der Waals surface area contributed by atoms with Crippen LogP contribution in [0.3, 0.4) is 0 Å². The van der Waals surface area contributed by atoms with Gasteiger partial charge in [-0.25, -0.2) is 4.79 Å². The van der Waals surface area contributed by atoms with Gasteiger partial charge in [0.05, 0.1) is 5.54 Å². The fraction of sp³-hybridized carbons (Fsp3) is 0.938. The van der Waals surface area contributed by atoms with Crippen molar-refractivity contribution in [2.45, 2.75) is 78.9 Å². The standard InChI is InChI=1S/C16H34N2O2/c1-8-13(4)11-17-12-16(9-2,10-3)18-14(19)20-15(5,6)7/h13,17H,8-12H2,1-7H3,(H,18,19). The molecular weight excluding hydrogens is 252 g/mol. The van der Waals surface area contributed by atoms with Crippen LogP contribution in [0, 0.1) is 5.92 Å². The molecule has 0 saturated heterocycles. The predicted molar refractivity (Wildman–Crippen MR) is 85.0 cm³/mol. The number of amides is 1. The van der Waals surface area contributed by atoms with Gasteiger partial charge in [0.1, 0.15) is 5.60 Å². The third kappa shape index (κ3) is 7.73. The van der Waals surface area contributed by atoms with Gasteiger partial charge in [-0.3, -0.25) is 0 Å². The molecule has 0 saturated carbocycles. The van der Waals surface area contributed by atoms with Crippen LogP contribution in [-0.4, -0.2) is 30.3 Å². The summed E-state index contributed by atoms with van der Waals surface area (Å²) in [5.74, 6) is 0.655. The van der Waals surface area contributed by atoms with Crippen molar-refractivity contribution in [3.05, 3.63) is 0 Å². The highest BCUT2D eigenvalue weighted by Gasteiger charge is 2.30. The zero-order valence-electron chi connectivity index (χ0n) is 14.4. The Labute approximate surface area is 125 Å². The number of nitrogens with one attached hydrogen (secondary N) is 2. The minimum atomic E-state index is -0.457. The van der Waals surface area contributed by atoms with Gasteiger partial charge >= 0.3 is 6.09 Å². The van der Waals surface area contributed by atoms with Crippen molar-refractivity contribution in [1.29, 1.82) is 0 Å². The normalized spacial score (nSPS) is 13.9. The lowest BCUT2D eigenvalue weighted by Gasteiger charge is -2.34. The Bertz CT molecular complexity index is 281. The predicted octanol–water partition coefficient (Wildman–Crippen LogP) is 3.71. The lowest BCUT2D eigenvalue weighted by molar-refractivity contribution is 0.0445. The van der Waals surface area contributed by atoms with Gasteiger partial charge in [0.2, 0.25) is 0 Å². The summed E-state index contributed by atoms with van der Waals surface area (Å²) in [7, 11) is 0. The Morgan fingerprint density at radius 1 is 1.15 bits per heavy atom. The van der Waals surface area contributed by atoms with Gasteiger partial charge in [0, 0.05) is 6.54 Å². The quantitative estimate of drug-likeness (QED) is 0.715. The van der Waals surface area contributed by atoms with E-state index in [0.717, 1.165) is 32.4 Å². The van der Waals surface area contributed by atoms with E-state index in [9.17, 15) is 4.79 Å². The van der Waals surface area contributed by atoms with E-state index in [4.69, 9.17) is 4.74 Å². The number of alkyl carbamates (subject to hydrolysis) is 1. The monoisotopic (exact) mass is 286 g/mol. The van der Waals surface area contributed by atoms with Crippen LogP contribution < -0.4 is 10.6 Å².